The smallest absolute Gasteiger partial charge is 0.294 e. The fourth-order valence-electron chi connectivity index (χ4n) is 3.11. The van der Waals surface area contributed by atoms with Crippen LogP contribution in [-0.2, 0) is 9.59 Å². The highest BCUT2D eigenvalue weighted by atomic mass is 35.5. The zero-order valence-corrected chi connectivity index (χ0v) is 18.3. The Kier molecular flexibility index (Phi) is 6.16. The molecule has 4 rings (SSSR count). The maximum Gasteiger partial charge on any atom is 0.294 e. The molecular weight excluding hydrogens is 455 g/mol. The van der Waals surface area contributed by atoms with Crippen molar-refractivity contribution in [3.8, 4) is 11.3 Å². The predicted octanol–water partition coefficient (Wildman–Crippen LogP) is 5.72. The van der Waals surface area contributed by atoms with E-state index in [1.54, 1.807) is 24.3 Å². The number of hydrogen-bond acceptors (Lipinski definition) is 5. The molecule has 0 atom stereocenters. The fraction of sp³-hybridized carbons (Fsp3) is 0.0870. The molecule has 3 amide bonds. The Morgan fingerprint density at radius 1 is 1.19 bits per heavy atom. The summed E-state index contributed by atoms with van der Waals surface area (Å²) in [4.78, 5) is 38.1. The normalized spacial score (nSPS) is 15.0. The maximum atomic E-state index is 13.3. The second kappa shape index (κ2) is 9.02. The lowest BCUT2D eigenvalue weighted by Gasteiger charge is -2.12. The van der Waals surface area contributed by atoms with Crippen molar-refractivity contribution in [2.45, 2.75) is 6.92 Å². The third-order valence-electron chi connectivity index (χ3n) is 4.65. The molecule has 6 nitrogen and oxygen atoms in total. The highest BCUT2D eigenvalue weighted by Crippen LogP contribution is 2.34. The van der Waals surface area contributed by atoms with Gasteiger partial charge in [0.1, 0.15) is 23.9 Å². The minimum Gasteiger partial charge on any atom is -0.457 e. The largest absolute Gasteiger partial charge is 0.457 e. The van der Waals surface area contributed by atoms with Crippen LogP contribution in [0.1, 0.15) is 11.3 Å². The highest BCUT2D eigenvalue weighted by Gasteiger charge is 2.36. The SMILES string of the molecule is Cc1ccc(Cl)cc1-c1ccc(/C=C2/SC(=O)N(CC(=O)Nc3cccc(F)c3)C2=O)o1. The summed E-state index contributed by atoms with van der Waals surface area (Å²) < 4.78 is 19.1. The predicted molar refractivity (Wildman–Crippen MR) is 122 cm³/mol. The van der Waals surface area contributed by atoms with Gasteiger partial charge in [0.15, 0.2) is 0 Å². The van der Waals surface area contributed by atoms with Crippen LogP contribution in [0.4, 0.5) is 14.9 Å². The Hall–Kier alpha value is -3.36. The summed E-state index contributed by atoms with van der Waals surface area (Å²) in [6.07, 6.45) is 1.46. The average Bonchev–Trinajstić information content (AvgIpc) is 3.30. The van der Waals surface area contributed by atoms with Gasteiger partial charge >= 0.3 is 0 Å². The fourth-order valence-corrected chi connectivity index (χ4v) is 4.10. The van der Waals surface area contributed by atoms with Crippen LogP contribution < -0.4 is 5.32 Å². The number of aryl methyl sites for hydroxylation is 1. The number of imide groups is 1. The summed E-state index contributed by atoms with van der Waals surface area (Å²) in [6, 6.07) is 14.2. The Balaban J connectivity index is 1.47. The van der Waals surface area contributed by atoms with Crippen molar-refractivity contribution < 1.29 is 23.2 Å². The molecule has 32 heavy (non-hydrogen) atoms. The van der Waals surface area contributed by atoms with Gasteiger partial charge in [-0.2, -0.15) is 0 Å². The molecule has 0 bridgehead atoms. The lowest BCUT2D eigenvalue weighted by atomic mass is 10.1. The molecule has 0 unspecified atom stereocenters. The molecule has 1 fully saturated rings. The van der Waals surface area contributed by atoms with Crippen molar-refractivity contribution in [2.24, 2.45) is 0 Å². The van der Waals surface area contributed by atoms with Crippen LogP contribution in [0.5, 0.6) is 0 Å². The summed E-state index contributed by atoms with van der Waals surface area (Å²) in [5.41, 5.74) is 2.02. The lowest BCUT2D eigenvalue weighted by molar-refractivity contribution is -0.127. The van der Waals surface area contributed by atoms with E-state index in [9.17, 15) is 18.8 Å². The number of nitrogens with zero attached hydrogens (tertiary/aromatic N) is 1. The van der Waals surface area contributed by atoms with Gasteiger partial charge in [-0.3, -0.25) is 19.3 Å². The van der Waals surface area contributed by atoms with Crippen molar-refractivity contribution in [3.63, 3.8) is 0 Å². The number of carbonyl (C=O) groups is 3. The molecule has 2 heterocycles. The first-order valence-electron chi connectivity index (χ1n) is 9.47. The van der Waals surface area contributed by atoms with E-state index in [2.05, 4.69) is 5.32 Å². The molecular formula is C23H16ClFN2O4S. The van der Waals surface area contributed by atoms with Crippen LogP contribution in [0, 0.1) is 12.7 Å². The molecule has 0 saturated carbocycles. The molecule has 9 heteroatoms. The number of amides is 3. The van der Waals surface area contributed by atoms with Gasteiger partial charge < -0.3 is 9.73 Å². The van der Waals surface area contributed by atoms with Crippen LogP contribution in [0.3, 0.4) is 0 Å². The Labute approximate surface area is 192 Å². The highest BCUT2D eigenvalue weighted by molar-refractivity contribution is 8.18. The first-order valence-corrected chi connectivity index (χ1v) is 10.7. The number of carbonyl (C=O) groups excluding carboxylic acids is 3. The van der Waals surface area contributed by atoms with Gasteiger partial charge in [-0.1, -0.05) is 23.7 Å². The van der Waals surface area contributed by atoms with E-state index in [1.807, 2.05) is 13.0 Å². The van der Waals surface area contributed by atoms with Crippen LogP contribution in [0.2, 0.25) is 5.02 Å². The molecule has 1 saturated heterocycles. The quantitative estimate of drug-likeness (QED) is 0.482. The van der Waals surface area contributed by atoms with E-state index in [0.717, 1.165) is 22.1 Å². The molecule has 1 N–H and O–H groups in total. The summed E-state index contributed by atoms with van der Waals surface area (Å²) in [5, 5.41) is 2.46. The molecule has 0 aliphatic carbocycles. The van der Waals surface area contributed by atoms with Crippen LogP contribution >= 0.6 is 23.4 Å². The van der Waals surface area contributed by atoms with Crippen molar-refractivity contribution >= 4 is 52.2 Å². The third-order valence-corrected chi connectivity index (χ3v) is 5.79. The number of rotatable bonds is 5. The maximum absolute atomic E-state index is 13.3. The monoisotopic (exact) mass is 470 g/mol. The van der Waals surface area contributed by atoms with E-state index in [4.69, 9.17) is 16.0 Å². The van der Waals surface area contributed by atoms with Crippen molar-refractivity contribution in [1.29, 1.82) is 0 Å². The lowest BCUT2D eigenvalue weighted by Crippen LogP contribution is -2.36. The van der Waals surface area contributed by atoms with Gasteiger partial charge in [-0.25, -0.2) is 4.39 Å². The summed E-state index contributed by atoms with van der Waals surface area (Å²) in [5.74, 6) is -0.774. The first kappa shape index (κ1) is 21.9. The minimum absolute atomic E-state index is 0.136. The zero-order valence-electron chi connectivity index (χ0n) is 16.7. The van der Waals surface area contributed by atoms with E-state index in [-0.39, 0.29) is 10.6 Å². The summed E-state index contributed by atoms with van der Waals surface area (Å²) in [7, 11) is 0. The summed E-state index contributed by atoms with van der Waals surface area (Å²) >= 11 is 6.78. The third kappa shape index (κ3) is 4.76. The molecule has 0 spiro atoms. The zero-order chi connectivity index (χ0) is 22.8. The molecule has 1 aliphatic rings. The van der Waals surface area contributed by atoms with E-state index in [0.29, 0.717) is 28.3 Å². The van der Waals surface area contributed by atoms with Crippen LogP contribution in [0.15, 0.2) is 63.9 Å². The van der Waals surface area contributed by atoms with Crippen molar-refractivity contribution in [3.05, 3.63) is 81.7 Å². The van der Waals surface area contributed by atoms with Gasteiger partial charge in [0.05, 0.1) is 4.91 Å². The van der Waals surface area contributed by atoms with Crippen molar-refractivity contribution in [2.75, 3.05) is 11.9 Å². The summed E-state index contributed by atoms with van der Waals surface area (Å²) in [6.45, 7) is 1.44. The van der Waals surface area contributed by atoms with Crippen molar-refractivity contribution in [1.82, 2.24) is 4.90 Å². The minimum atomic E-state index is -0.615. The molecule has 162 valence electrons. The molecule has 1 aliphatic heterocycles. The number of nitrogens with one attached hydrogen (secondary N) is 1. The second-order valence-corrected chi connectivity index (χ2v) is 8.42. The molecule has 3 aromatic rings. The van der Waals surface area contributed by atoms with E-state index < -0.39 is 29.4 Å². The number of thioether (sulfide) groups is 1. The number of benzene rings is 2. The van der Waals surface area contributed by atoms with Gasteiger partial charge in [-0.15, -0.1) is 0 Å². The molecule has 2 aromatic carbocycles. The van der Waals surface area contributed by atoms with E-state index >= 15 is 0 Å². The Bertz CT molecular complexity index is 1270. The Morgan fingerprint density at radius 2 is 2.00 bits per heavy atom. The first-order chi connectivity index (χ1) is 15.3. The standard InChI is InChI=1S/C23H16ClFN2O4S/c1-13-5-6-14(24)9-18(13)19-8-7-17(31-19)11-20-22(29)27(23(30)32-20)12-21(28)26-16-4-2-3-15(25)10-16/h2-11H,12H2,1H3,(H,26,28)/b20-11+. The number of hydrogen-bond donors (Lipinski definition) is 1. The van der Waals surface area contributed by atoms with Gasteiger partial charge in [-0.05, 0) is 66.7 Å². The number of furan rings is 1. The Morgan fingerprint density at radius 3 is 2.78 bits per heavy atom. The topological polar surface area (TPSA) is 79.6 Å². The van der Waals surface area contributed by atoms with Crippen LogP contribution in [0.25, 0.3) is 17.4 Å². The number of anilines is 1. The average molecular weight is 471 g/mol. The van der Waals surface area contributed by atoms with Gasteiger partial charge in [0.25, 0.3) is 11.1 Å². The molecule has 0 radical (unpaired) electrons. The van der Waals surface area contributed by atoms with Gasteiger partial charge in [0.2, 0.25) is 5.91 Å². The van der Waals surface area contributed by atoms with Gasteiger partial charge in [0, 0.05) is 22.3 Å². The van der Waals surface area contributed by atoms with Crippen LogP contribution in [-0.4, -0.2) is 28.5 Å². The number of halogens is 2. The molecule has 1 aromatic heterocycles. The van der Waals surface area contributed by atoms with E-state index in [1.165, 1.54) is 24.3 Å². The second-order valence-electron chi connectivity index (χ2n) is 6.99.